The molecule has 1 amide bonds. The molecule has 3 rings (SSSR count). The number of fused-ring (bicyclic) bond motifs is 1. The molecule has 2 aromatic rings. The number of carboxylic acid groups (broad SMARTS) is 1. The highest BCUT2D eigenvalue weighted by Crippen LogP contribution is 2.43. The Kier molecular flexibility index (Phi) is 3.99. The number of nitrogens with one attached hydrogen (secondary N) is 1. The maximum atomic E-state index is 11.4. The second-order valence-corrected chi connectivity index (χ2v) is 6.89. The molecule has 1 saturated heterocycles. The van der Waals surface area contributed by atoms with E-state index >= 15 is 0 Å². The number of nitro benzene ring substituents is 1. The number of rotatable bonds is 3. The average molecular weight is 357 g/mol. The fourth-order valence-electron chi connectivity index (χ4n) is 2.83. The van der Waals surface area contributed by atoms with Gasteiger partial charge in [0.1, 0.15) is 11.2 Å². The summed E-state index contributed by atoms with van der Waals surface area (Å²) in [5.41, 5.74) is 0.805. The molecule has 10 heteroatoms. The van der Waals surface area contributed by atoms with Crippen LogP contribution < -0.4 is 10.2 Å². The zero-order valence-electron chi connectivity index (χ0n) is 12.1. The van der Waals surface area contributed by atoms with E-state index in [1.165, 1.54) is 17.4 Å². The Labute approximate surface area is 139 Å². The first kappa shape index (κ1) is 15.8. The van der Waals surface area contributed by atoms with Gasteiger partial charge in [-0.15, -0.1) is 11.3 Å². The van der Waals surface area contributed by atoms with E-state index in [1.807, 2.05) is 6.92 Å². The van der Waals surface area contributed by atoms with Crippen molar-refractivity contribution < 1.29 is 14.8 Å². The van der Waals surface area contributed by atoms with E-state index in [9.17, 15) is 14.9 Å². The van der Waals surface area contributed by atoms with Crippen LogP contribution in [0, 0.1) is 17.0 Å². The van der Waals surface area contributed by atoms with Gasteiger partial charge in [0.25, 0.3) is 5.69 Å². The fraction of sp³-hybridized carbons (Fsp3) is 0.385. The molecular formula is C13H13ClN4O4S. The molecule has 1 fully saturated rings. The molecule has 1 atom stereocenters. The van der Waals surface area contributed by atoms with Crippen LogP contribution >= 0.6 is 22.9 Å². The van der Waals surface area contributed by atoms with E-state index in [0.29, 0.717) is 40.4 Å². The highest BCUT2D eigenvalue weighted by molar-refractivity contribution is 7.19. The van der Waals surface area contributed by atoms with Crippen LogP contribution in [0.4, 0.5) is 16.2 Å². The summed E-state index contributed by atoms with van der Waals surface area (Å²) in [6, 6.07) is 1.08. The van der Waals surface area contributed by atoms with E-state index in [4.69, 9.17) is 16.7 Å². The van der Waals surface area contributed by atoms with Crippen molar-refractivity contribution >= 4 is 50.6 Å². The lowest BCUT2D eigenvalue weighted by Gasteiger charge is -2.19. The number of nitrogens with zero attached hydrogens (tertiary/aromatic N) is 3. The third kappa shape index (κ3) is 2.89. The molecule has 1 aliphatic heterocycles. The zero-order valence-corrected chi connectivity index (χ0v) is 13.6. The molecule has 23 heavy (non-hydrogen) atoms. The topological polar surface area (TPSA) is 109 Å². The molecule has 1 aromatic heterocycles. The zero-order chi connectivity index (χ0) is 16.7. The summed E-state index contributed by atoms with van der Waals surface area (Å²) in [7, 11) is 0. The molecule has 0 aliphatic carbocycles. The van der Waals surface area contributed by atoms with Gasteiger partial charge in [-0.25, -0.2) is 9.78 Å². The maximum Gasteiger partial charge on any atom is 0.404 e. The number of anilines is 1. The van der Waals surface area contributed by atoms with Crippen LogP contribution in [-0.4, -0.2) is 40.2 Å². The van der Waals surface area contributed by atoms with E-state index in [-0.39, 0.29) is 11.7 Å². The summed E-state index contributed by atoms with van der Waals surface area (Å²) in [6.45, 7) is 2.69. The van der Waals surface area contributed by atoms with Crippen molar-refractivity contribution in [2.75, 3.05) is 18.0 Å². The highest BCUT2D eigenvalue weighted by atomic mass is 35.5. The second kappa shape index (κ2) is 5.82. The lowest BCUT2D eigenvalue weighted by Crippen LogP contribution is -2.36. The minimum atomic E-state index is -1.10. The molecular weight excluding hydrogens is 344 g/mol. The van der Waals surface area contributed by atoms with E-state index < -0.39 is 11.0 Å². The van der Waals surface area contributed by atoms with Crippen molar-refractivity contribution in [3.63, 3.8) is 0 Å². The smallest absolute Gasteiger partial charge is 0.404 e. The molecule has 122 valence electrons. The quantitative estimate of drug-likeness (QED) is 0.646. The SMILES string of the molecule is Cc1nc2c(N3CC[C@H](NC(=O)O)C3)c([N+](=O)[O-])cc(Cl)c2s1. The van der Waals surface area contributed by atoms with Crippen molar-refractivity contribution in [2.24, 2.45) is 0 Å². The summed E-state index contributed by atoms with van der Waals surface area (Å²) in [6.07, 6.45) is -0.520. The predicted molar refractivity (Wildman–Crippen MR) is 87.8 cm³/mol. The Morgan fingerprint density at radius 2 is 2.39 bits per heavy atom. The lowest BCUT2D eigenvalue weighted by atomic mass is 10.2. The molecule has 8 nitrogen and oxygen atoms in total. The molecule has 2 N–H and O–H groups in total. The molecule has 2 heterocycles. The Morgan fingerprint density at radius 1 is 1.65 bits per heavy atom. The van der Waals surface area contributed by atoms with Crippen LogP contribution in [0.25, 0.3) is 10.2 Å². The van der Waals surface area contributed by atoms with Gasteiger partial charge in [0.2, 0.25) is 0 Å². The van der Waals surface area contributed by atoms with Crippen LogP contribution in [0.2, 0.25) is 5.02 Å². The van der Waals surface area contributed by atoms with Crippen molar-refractivity contribution in [3.8, 4) is 0 Å². The van der Waals surface area contributed by atoms with E-state index in [2.05, 4.69) is 10.3 Å². The number of aryl methyl sites for hydroxylation is 1. The number of hydrogen-bond acceptors (Lipinski definition) is 6. The van der Waals surface area contributed by atoms with Crippen LogP contribution in [0.5, 0.6) is 0 Å². The van der Waals surface area contributed by atoms with Crippen LogP contribution in [0.15, 0.2) is 6.07 Å². The fourth-order valence-corrected chi connectivity index (χ4v) is 3.97. The number of carbonyl (C=O) groups is 1. The summed E-state index contributed by atoms with van der Waals surface area (Å²) < 4.78 is 0.708. The molecule has 0 unspecified atom stereocenters. The Hall–Kier alpha value is -2.13. The number of halogens is 1. The van der Waals surface area contributed by atoms with Crippen molar-refractivity contribution in [2.45, 2.75) is 19.4 Å². The number of aromatic nitrogens is 1. The third-order valence-corrected chi connectivity index (χ3v) is 5.12. The first-order chi connectivity index (χ1) is 10.9. The molecule has 1 aliphatic rings. The van der Waals surface area contributed by atoms with Gasteiger partial charge < -0.3 is 15.3 Å². The lowest BCUT2D eigenvalue weighted by molar-refractivity contribution is -0.384. The van der Waals surface area contributed by atoms with Crippen molar-refractivity contribution in [1.29, 1.82) is 0 Å². The standard InChI is InChI=1S/C13H13ClN4O4S/c1-6-15-10-11(17-3-2-7(5-17)16-13(19)20)9(18(21)22)4-8(14)12(10)23-6/h4,7,16H,2-3,5H2,1H3,(H,19,20)/t7-/m0/s1. The second-order valence-electron chi connectivity index (χ2n) is 5.27. The van der Waals surface area contributed by atoms with Gasteiger partial charge in [0, 0.05) is 19.2 Å². The van der Waals surface area contributed by atoms with Crippen LogP contribution in [-0.2, 0) is 0 Å². The largest absolute Gasteiger partial charge is 0.465 e. The van der Waals surface area contributed by atoms with Gasteiger partial charge in [-0.3, -0.25) is 10.1 Å². The normalized spacial score (nSPS) is 17.7. The predicted octanol–water partition coefficient (Wildman–Crippen LogP) is 3.01. The summed E-state index contributed by atoms with van der Waals surface area (Å²) in [5, 5.41) is 23.7. The molecule has 0 saturated carbocycles. The average Bonchev–Trinajstić information content (AvgIpc) is 3.04. The van der Waals surface area contributed by atoms with Gasteiger partial charge in [0.15, 0.2) is 0 Å². The number of thiazole rings is 1. The van der Waals surface area contributed by atoms with E-state index in [0.717, 1.165) is 5.01 Å². The summed E-state index contributed by atoms with van der Waals surface area (Å²) in [4.78, 5) is 27.9. The third-order valence-electron chi connectivity index (χ3n) is 3.71. The Balaban J connectivity index is 2.09. The Bertz CT molecular complexity index is 809. The van der Waals surface area contributed by atoms with Gasteiger partial charge in [-0.1, -0.05) is 11.6 Å². The number of amides is 1. The highest BCUT2D eigenvalue weighted by Gasteiger charge is 2.32. The number of nitro groups is 1. The maximum absolute atomic E-state index is 11.4. The van der Waals surface area contributed by atoms with Crippen LogP contribution in [0.1, 0.15) is 11.4 Å². The van der Waals surface area contributed by atoms with Gasteiger partial charge in [-0.2, -0.15) is 0 Å². The molecule has 0 radical (unpaired) electrons. The van der Waals surface area contributed by atoms with Crippen LogP contribution in [0.3, 0.4) is 0 Å². The van der Waals surface area contributed by atoms with Gasteiger partial charge in [-0.05, 0) is 13.3 Å². The molecule has 0 bridgehead atoms. The van der Waals surface area contributed by atoms with Crippen molar-refractivity contribution in [3.05, 3.63) is 26.2 Å². The molecule has 1 aromatic carbocycles. The van der Waals surface area contributed by atoms with Gasteiger partial charge in [0.05, 0.1) is 25.7 Å². The monoisotopic (exact) mass is 356 g/mol. The van der Waals surface area contributed by atoms with Crippen molar-refractivity contribution in [1.82, 2.24) is 10.3 Å². The van der Waals surface area contributed by atoms with Gasteiger partial charge >= 0.3 is 6.09 Å². The minimum absolute atomic E-state index is 0.108. The summed E-state index contributed by atoms with van der Waals surface area (Å²) >= 11 is 7.53. The first-order valence-corrected chi connectivity index (χ1v) is 8.04. The summed E-state index contributed by atoms with van der Waals surface area (Å²) in [5.74, 6) is 0. The minimum Gasteiger partial charge on any atom is -0.465 e. The number of benzene rings is 1. The van der Waals surface area contributed by atoms with E-state index in [1.54, 1.807) is 4.90 Å². The molecule has 0 spiro atoms. The Morgan fingerprint density at radius 3 is 3.04 bits per heavy atom. The number of hydrogen-bond donors (Lipinski definition) is 2. The first-order valence-electron chi connectivity index (χ1n) is 6.85.